The summed E-state index contributed by atoms with van der Waals surface area (Å²) in [5.41, 5.74) is 0.922. The van der Waals surface area contributed by atoms with Gasteiger partial charge in [0.25, 0.3) is 0 Å². The van der Waals surface area contributed by atoms with Crippen molar-refractivity contribution in [2.75, 3.05) is 12.0 Å². The molecular weight excluding hydrogens is 156 g/mol. The molecule has 0 saturated heterocycles. The number of rotatable bonds is 5. The Balaban J connectivity index is 3.80. The van der Waals surface area contributed by atoms with Crippen molar-refractivity contribution in [3.8, 4) is 0 Å². The molecule has 64 valence electrons. The van der Waals surface area contributed by atoms with E-state index in [0.717, 1.165) is 24.0 Å². The fraction of sp³-hybridized carbons (Fsp3) is 0.667. The molecule has 11 heavy (non-hydrogen) atoms. The molecule has 0 aliphatic carbocycles. The first kappa shape index (κ1) is 10.8. The Morgan fingerprint density at radius 1 is 1.55 bits per heavy atom. The molecule has 0 aromatic rings. The fourth-order valence-electron chi connectivity index (χ4n) is 0.695. The van der Waals surface area contributed by atoms with Crippen LogP contribution in [-0.4, -0.2) is 18.3 Å². The summed E-state index contributed by atoms with van der Waals surface area (Å²) in [6.07, 6.45) is 6.01. The van der Waals surface area contributed by atoms with Crippen LogP contribution in [-0.2, 0) is 4.79 Å². The van der Waals surface area contributed by atoms with Gasteiger partial charge >= 0.3 is 0 Å². The lowest BCUT2D eigenvalue weighted by atomic mass is 10.1. The molecule has 0 amide bonds. The van der Waals surface area contributed by atoms with Gasteiger partial charge in [0.2, 0.25) is 0 Å². The lowest BCUT2D eigenvalue weighted by Crippen LogP contribution is -1.91. The third-order valence-corrected chi connectivity index (χ3v) is 1.94. The maximum absolute atomic E-state index is 10.4. The van der Waals surface area contributed by atoms with Crippen molar-refractivity contribution >= 4 is 18.0 Å². The van der Waals surface area contributed by atoms with Gasteiger partial charge in [0.1, 0.15) is 6.29 Å². The maximum Gasteiger partial charge on any atom is 0.146 e. The van der Waals surface area contributed by atoms with Gasteiger partial charge in [0.05, 0.1) is 0 Å². The summed E-state index contributed by atoms with van der Waals surface area (Å²) in [5, 5.41) is 0. The van der Waals surface area contributed by atoms with E-state index >= 15 is 0 Å². The SMILES string of the molecule is CSCC(C=O)=CCC(C)C. The van der Waals surface area contributed by atoms with E-state index in [2.05, 4.69) is 13.8 Å². The predicted molar refractivity (Wildman–Crippen MR) is 52.0 cm³/mol. The molecule has 0 atom stereocenters. The molecule has 0 rings (SSSR count). The van der Waals surface area contributed by atoms with E-state index in [9.17, 15) is 4.79 Å². The molecule has 0 fully saturated rings. The predicted octanol–water partition coefficient (Wildman–Crippen LogP) is 2.52. The number of carbonyl (C=O) groups excluding carboxylic acids is 1. The van der Waals surface area contributed by atoms with E-state index in [4.69, 9.17) is 0 Å². The average molecular weight is 172 g/mol. The van der Waals surface area contributed by atoms with Crippen molar-refractivity contribution in [3.63, 3.8) is 0 Å². The minimum Gasteiger partial charge on any atom is -0.298 e. The molecule has 0 unspecified atom stereocenters. The van der Waals surface area contributed by atoms with Crippen molar-refractivity contribution in [2.45, 2.75) is 20.3 Å². The minimum atomic E-state index is 0.645. The maximum atomic E-state index is 10.4. The first-order valence-electron chi connectivity index (χ1n) is 3.83. The van der Waals surface area contributed by atoms with Crippen LogP contribution in [0.4, 0.5) is 0 Å². The van der Waals surface area contributed by atoms with E-state index in [-0.39, 0.29) is 0 Å². The van der Waals surface area contributed by atoms with Crippen LogP contribution in [0.2, 0.25) is 0 Å². The van der Waals surface area contributed by atoms with Gasteiger partial charge in [0.15, 0.2) is 0 Å². The quantitative estimate of drug-likeness (QED) is 0.468. The highest BCUT2D eigenvalue weighted by atomic mass is 32.2. The van der Waals surface area contributed by atoms with Gasteiger partial charge in [-0.15, -0.1) is 0 Å². The summed E-state index contributed by atoms with van der Waals surface area (Å²) in [4.78, 5) is 10.4. The molecule has 0 aromatic heterocycles. The number of hydrogen-bond acceptors (Lipinski definition) is 2. The number of thioether (sulfide) groups is 1. The van der Waals surface area contributed by atoms with Gasteiger partial charge in [0, 0.05) is 5.75 Å². The monoisotopic (exact) mass is 172 g/mol. The zero-order valence-corrected chi connectivity index (χ0v) is 8.28. The summed E-state index contributed by atoms with van der Waals surface area (Å²) in [7, 11) is 0. The van der Waals surface area contributed by atoms with Crippen LogP contribution in [0.3, 0.4) is 0 Å². The third-order valence-electron chi connectivity index (χ3n) is 1.31. The summed E-state index contributed by atoms with van der Waals surface area (Å²) in [6, 6.07) is 0. The number of hydrogen-bond donors (Lipinski definition) is 0. The molecule has 0 heterocycles. The molecule has 0 N–H and O–H groups in total. The summed E-state index contributed by atoms with van der Waals surface area (Å²) in [6.45, 7) is 4.30. The minimum absolute atomic E-state index is 0.645. The van der Waals surface area contributed by atoms with Crippen molar-refractivity contribution in [2.24, 2.45) is 5.92 Å². The fourth-order valence-corrected chi connectivity index (χ4v) is 1.21. The lowest BCUT2D eigenvalue weighted by molar-refractivity contribution is -0.104. The number of carbonyl (C=O) groups is 1. The average Bonchev–Trinajstić information content (AvgIpc) is 1.97. The summed E-state index contributed by atoms with van der Waals surface area (Å²) >= 11 is 1.69. The van der Waals surface area contributed by atoms with Crippen molar-refractivity contribution in [1.82, 2.24) is 0 Å². The Kier molecular flexibility index (Phi) is 6.33. The second-order valence-electron chi connectivity index (χ2n) is 2.96. The molecule has 1 nitrogen and oxygen atoms in total. The van der Waals surface area contributed by atoms with Crippen LogP contribution >= 0.6 is 11.8 Å². The van der Waals surface area contributed by atoms with E-state index < -0.39 is 0 Å². The van der Waals surface area contributed by atoms with E-state index in [1.807, 2.05) is 12.3 Å². The van der Waals surface area contributed by atoms with Crippen molar-refractivity contribution in [1.29, 1.82) is 0 Å². The van der Waals surface area contributed by atoms with Gasteiger partial charge in [-0.05, 0) is 24.2 Å². The molecule has 0 aliphatic heterocycles. The van der Waals surface area contributed by atoms with Crippen molar-refractivity contribution in [3.05, 3.63) is 11.6 Å². The molecule has 0 radical (unpaired) electrons. The molecule has 0 saturated carbocycles. The van der Waals surface area contributed by atoms with Gasteiger partial charge in [-0.3, -0.25) is 4.79 Å². The molecular formula is C9H16OS. The van der Waals surface area contributed by atoms with E-state index in [0.29, 0.717) is 5.92 Å². The highest BCUT2D eigenvalue weighted by molar-refractivity contribution is 7.98. The molecule has 0 aliphatic rings. The Morgan fingerprint density at radius 2 is 2.18 bits per heavy atom. The topological polar surface area (TPSA) is 17.1 Å². The van der Waals surface area contributed by atoms with Crippen LogP contribution in [0.1, 0.15) is 20.3 Å². The first-order chi connectivity index (χ1) is 5.20. The smallest absolute Gasteiger partial charge is 0.146 e. The number of allylic oxidation sites excluding steroid dienone is 1. The van der Waals surface area contributed by atoms with Crippen LogP contribution in [0.15, 0.2) is 11.6 Å². The zero-order chi connectivity index (χ0) is 8.69. The van der Waals surface area contributed by atoms with E-state index in [1.54, 1.807) is 11.8 Å². The Labute approximate surface area is 73.3 Å². The molecule has 0 spiro atoms. The van der Waals surface area contributed by atoms with Crippen LogP contribution in [0.25, 0.3) is 0 Å². The normalized spacial score (nSPS) is 12.2. The molecule has 0 aromatic carbocycles. The third kappa shape index (κ3) is 6.17. The van der Waals surface area contributed by atoms with Crippen molar-refractivity contribution < 1.29 is 4.79 Å². The van der Waals surface area contributed by atoms with Crippen LogP contribution in [0.5, 0.6) is 0 Å². The lowest BCUT2D eigenvalue weighted by Gasteiger charge is -1.99. The largest absolute Gasteiger partial charge is 0.298 e. The van der Waals surface area contributed by atoms with Gasteiger partial charge in [-0.2, -0.15) is 11.8 Å². The van der Waals surface area contributed by atoms with Gasteiger partial charge in [-0.1, -0.05) is 19.9 Å². The zero-order valence-electron chi connectivity index (χ0n) is 7.46. The van der Waals surface area contributed by atoms with E-state index in [1.165, 1.54) is 0 Å². The summed E-state index contributed by atoms with van der Waals surface area (Å²) < 4.78 is 0. The summed E-state index contributed by atoms with van der Waals surface area (Å²) in [5.74, 6) is 1.49. The highest BCUT2D eigenvalue weighted by Gasteiger charge is 1.94. The Morgan fingerprint density at radius 3 is 2.55 bits per heavy atom. The first-order valence-corrected chi connectivity index (χ1v) is 5.23. The Hall–Kier alpha value is -0.240. The van der Waals surface area contributed by atoms with Gasteiger partial charge < -0.3 is 0 Å². The highest BCUT2D eigenvalue weighted by Crippen LogP contribution is 2.06. The standard InChI is InChI=1S/C9H16OS/c1-8(2)4-5-9(6-10)7-11-3/h5-6,8H,4,7H2,1-3H3. The van der Waals surface area contributed by atoms with Gasteiger partial charge in [-0.25, -0.2) is 0 Å². The Bertz CT molecular complexity index is 138. The molecule has 2 heteroatoms. The second kappa shape index (κ2) is 6.47. The van der Waals surface area contributed by atoms with Crippen LogP contribution < -0.4 is 0 Å². The van der Waals surface area contributed by atoms with Crippen LogP contribution in [0, 0.1) is 5.92 Å². The molecule has 0 bridgehead atoms. The second-order valence-corrected chi connectivity index (χ2v) is 3.83. The number of aldehydes is 1.